The predicted octanol–water partition coefficient (Wildman–Crippen LogP) is 3.51. The number of amides is 2. The van der Waals surface area contributed by atoms with Gasteiger partial charge in [0.2, 0.25) is 6.79 Å². The summed E-state index contributed by atoms with van der Waals surface area (Å²) in [6, 6.07) is 17.1. The van der Waals surface area contributed by atoms with Crippen LogP contribution in [0.5, 0.6) is 17.2 Å². The normalized spacial score (nSPS) is 15.3. The number of methoxy groups -OCH3 is 1. The first-order valence-electron chi connectivity index (χ1n) is 11.8. The second kappa shape index (κ2) is 9.38. The number of fused-ring (bicyclic) bond motifs is 2. The number of rotatable bonds is 5. The number of pyridine rings is 1. The third-order valence-electron chi connectivity index (χ3n) is 6.46. The molecule has 4 heterocycles. The number of hydrogen-bond acceptors (Lipinski definition) is 7. The summed E-state index contributed by atoms with van der Waals surface area (Å²) < 4.78 is 18.1. The van der Waals surface area contributed by atoms with Gasteiger partial charge in [0.1, 0.15) is 17.1 Å². The summed E-state index contributed by atoms with van der Waals surface area (Å²) in [7, 11) is 1.66. The molecule has 184 valence electrons. The number of piperazine rings is 1. The minimum absolute atomic E-state index is 0.122. The van der Waals surface area contributed by atoms with Crippen LogP contribution in [0, 0.1) is 0 Å². The fraction of sp³-hybridized carbons (Fsp3) is 0.269. The van der Waals surface area contributed by atoms with E-state index in [1.807, 2.05) is 47.4 Å². The molecule has 10 nitrogen and oxygen atoms in total. The summed E-state index contributed by atoms with van der Waals surface area (Å²) >= 11 is 0. The van der Waals surface area contributed by atoms with Crippen LogP contribution in [0.2, 0.25) is 0 Å². The number of imidazole rings is 1. The van der Waals surface area contributed by atoms with Crippen molar-refractivity contribution in [2.75, 3.05) is 45.4 Å². The van der Waals surface area contributed by atoms with Gasteiger partial charge in [-0.2, -0.15) is 0 Å². The van der Waals surface area contributed by atoms with Gasteiger partial charge in [-0.05, 0) is 48.5 Å². The number of hydrogen-bond donors (Lipinski definition) is 1. The number of aromatic nitrogens is 3. The van der Waals surface area contributed by atoms with Crippen molar-refractivity contribution in [2.24, 2.45) is 0 Å². The van der Waals surface area contributed by atoms with E-state index < -0.39 is 0 Å². The van der Waals surface area contributed by atoms with Crippen LogP contribution in [0.25, 0.3) is 16.9 Å². The van der Waals surface area contributed by atoms with Crippen LogP contribution in [0.15, 0.2) is 60.8 Å². The summed E-state index contributed by atoms with van der Waals surface area (Å²) in [6.45, 7) is 3.59. The molecule has 0 bridgehead atoms. The molecule has 2 aromatic heterocycles. The van der Waals surface area contributed by atoms with Crippen LogP contribution in [0.4, 0.5) is 10.5 Å². The molecule has 4 aromatic rings. The molecule has 1 N–H and O–H groups in total. The lowest BCUT2D eigenvalue weighted by atomic mass is 10.2. The Balaban J connectivity index is 1.14. The molecular formula is C26H26N6O4. The second-order valence-electron chi connectivity index (χ2n) is 8.67. The molecule has 0 unspecified atom stereocenters. The molecule has 2 amide bonds. The Morgan fingerprint density at radius 3 is 2.64 bits per heavy atom. The largest absolute Gasteiger partial charge is 0.497 e. The number of urea groups is 1. The maximum atomic E-state index is 12.8. The summed E-state index contributed by atoms with van der Waals surface area (Å²) in [6.07, 6.45) is 1.78. The average Bonchev–Trinajstić information content (AvgIpc) is 3.53. The molecule has 2 aliphatic rings. The van der Waals surface area contributed by atoms with Gasteiger partial charge in [-0.1, -0.05) is 0 Å². The van der Waals surface area contributed by atoms with Crippen LogP contribution in [0.1, 0.15) is 5.82 Å². The molecule has 1 fully saturated rings. The van der Waals surface area contributed by atoms with E-state index in [0.29, 0.717) is 36.8 Å². The number of carbonyl (C=O) groups excluding carboxylic acids is 1. The van der Waals surface area contributed by atoms with Gasteiger partial charge in [0.15, 0.2) is 17.1 Å². The Hall–Kier alpha value is -4.31. The van der Waals surface area contributed by atoms with Gasteiger partial charge in [-0.3, -0.25) is 9.47 Å². The van der Waals surface area contributed by atoms with E-state index in [1.54, 1.807) is 25.4 Å². The molecule has 0 saturated carbocycles. The first-order chi connectivity index (χ1) is 17.7. The molecule has 10 heteroatoms. The van der Waals surface area contributed by atoms with Gasteiger partial charge in [0.25, 0.3) is 0 Å². The Morgan fingerprint density at radius 1 is 1.03 bits per heavy atom. The molecule has 0 spiro atoms. The zero-order valence-corrected chi connectivity index (χ0v) is 19.9. The summed E-state index contributed by atoms with van der Waals surface area (Å²) in [4.78, 5) is 26.4. The van der Waals surface area contributed by atoms with Crippen molar-refractivity contribution >= 4 is 22.9 Å². The fourth-order valence-corrected chi connectivity index (χ4v) is 4.55. The third kappa shape index (κ3) is 4.27. The van der Waals surface area contributed by atoms with E-state index >= 15 is 0 Å². The third-order valence-corrected chi connectivity index (χ3v) is 6.46. The molecule has 0 atom stereocenters. The number of nitrogens with zero attached hydrogens (tertiary/aromatic N) is 5. The molecule has 36 heavy (non-hydrogen) atoms. The monoisotopic (exact) mass is 486 g/mol. The van der Waals surface area contributed by atoms with Crippen molar-refractivity contribution in [3.63, 3.8) is 0 Å². The van der Waals surface area contributed by atoms with Crippen molar-refractivity contribution in [3.05, 3.63) is 66.6 Å². The van der Waals surface area contributed by atoms with Crippen LogP contribution in [-0.4, -0.2) is 70.4 Å². The highest BCUT2D eigenvalue weighted by molar-refractivity contribution is 5.89. The summed E-state index contributed by atoms with van der Waals surface area (Å²) in [5.41, 5.74) is 3.34. The van der Waals surface area contributed by atoms with Gasteiger partial charge < -0.3 is 24.4 Å². The van der Waals surface area contributed by atoms with Gasteiger partial charge in [-0.15, -0.1) is 0 Å². The zero-order valence-electron chi connectivity index (χ0n) is 19.9. The van der Waals surface area contributed by atoms with Crippen molar-refractivity contribution < 1.29 is 19.0 Å². The number of carbonyl (C=O) groups is 1. The average molecular weight is 487 g/mol. The van der Waals surface area contributed by atoms with E-state index in [4.69, 9.17) is 19.2 Å². The van der Waals surface area contributed by atoms with Crippen LogP contribution < -0.4 is 19.5 Å². The number of anilines is 1. The first kappa shape index (κ1) is 22.2. The highest BCUT2D eigenvalue weighted by atomic mass is 16.7. The molecule has 0 aliphatic carbocycles. The maximum Gasteiger partial charge on any atom is 0.321 e. The summed E-state index contributed by atoms with van der Waals surface area (Å²) in [5, 5.41) is 2.96. The SMILES string of the molecule is COc1ccc(-n2c(CN3CCN(C(=O)Nc4ccc5c(c4)OCO5)CC3)nc3cccnc32)cc1. The van der Waals surface area contributed by atoms with E-state index in [2.05, 4.69) is 19.8 Å². The van der Waals surface area contributed by atoms with Crippen LogP contribution in [0.3, 0.4) is 0 Å². The van der Waals surface area contributed by atoms with Crippen molar-refractivity contribution in [1.82, 2.24) is 24.3 Å². The lowest BCUT2D eigenvalue weighted by Gasteiger charge is -2.34. The smallest absolute Gasteiger partial charge is 0.321 e. The van der Waals surface area contributed by atoms with Crippen molar-refractivity contribution in [3.8, 4) is 22.9 Å². The molecule has 0 radical (unpaired) electrons. The van der Waals surface area contributed by atoms with E-state index in [0.717, 1.165) is 41.5 Å². The standard InChI is InChI=1S/C26H26N6O4/c1-34-20-7-5-19(6-8-20)32-24(29-21-3-2-10-27-25(21)32)16-30-11-13-31(14-12-30)26(33)28-18-4-9-22-23(15-18)36-17-35-22/h2-10,15H,11-14,16-17H2,1H3,(H,28,33). The number of nitrogens with one attached hydrogen (secondary N) is 1. The lowest BCUT2D eigenvalue weighted by molar-refractivity contribution is 0.140. The first-order valence-corrected chi connectivity index (χ1v) is 11.8. The topological polar surface area (TPSA) is 94.0 Å². The lowest BCUT2D eigenvalue weighted by Crippen LogP contribution is -2.49. The Kier molecular flexibility index (Phi) is 5.78. The molecule has 6 rings (SSSR count). The number of benzene rings is 2. The molecule has 1 saturated heterocycles. The second-order valence-corrected chi connectivity index (χ2v) is 8.67. The van der Waals surface area contributed by atoms with Gasteiger partial charge in [-0.25, -0.2) is 14.8 Å². The number of ether oxygens (including phenoxy) is 3. The van der Waals surface area contributed by atoms with Crippen LogP contribution in [-0.2, 0) is 6.54 Å². The van der Waals surface area contributed by atoms with Crippen LogP contribution >= 0.6 is 0 Å². The van der Waals surface area contributed by atoms with Gasteiger partial charge in [0.05, 0.1) is 13.7 Å². The maximum absolute atomic E-state index is 12.8. The zero-order chi connectivity index (χ0) is 24.5. The molecular weight excluding hydrogens is 460 g/mol. The Labute approximate surface area is 208 Å². The quantitative estimate of drug-likeness (QED) is 0.461. The van der Waals surface area contributed by atoms with E-state index in [1.165, 1.54) is 0 Å². The molecule has 2 aromatic carbocycles. The van der Waals surface area contributed by atoms with E-state index in [-0.39, 0.29) is 12.8 Å². The fourth-order valence-electron chi connectivity index (χ4n) is 4.55. The summed E-state index contributed by atoms with van der Waals surface area (Å²) in [5.74, 6) is 3.05. The minimum Gasteiger partial charge on any atom is -0.497 e. The molecule has 2 aliphatic heterocycles. The van der Waals surface area contributed by atoms with E-state index in [9.17, 15) is 4.79 Å². The van der Waals surface area contributed by atoms with Gasteiger partial charge in [0, 0.05) is 49.8 Å². The Bertz CT molecular complexity index is 1400. The highest BCUT2D eigenvalue weighted by Crippen LogP contribution is 2.34. The minimum atomic E-state index is -0.122. The van der Waals surface area contributed by atoms with Crippen molar-refractivity contribution in [2.45, 2.75) is 6.54 Å². The predicted molar refractivity (Wildman–Crippen MR) is 134 cm³/mol. The van der Waals surface area contributed by atoms with Gasteiger partial charge >= 0.3 is 6.03 Å². The highest BCUT2D eigenvalue weighted by Gasteiger charge is 2.24. The van der Waals surface area contributed by atoms with Crippen molar-refractivity contribution in [1.29, 1.82) is 0 Å². The Morgan fingerprint density at radius 2 is 1.83 bits per heavy atom.